The molecule has 0 radical (unpaired) electrons. The van der Waals surface area contributed by atoms with E-state index in [0.29, 0.717) is 5.76 Å². The molecule has 2 aromatic carbocycles. The van der Waals surface area contributed by atoms with E-state index in [2.05, 4.69) is 10.7 Å². The van der Waals surface area contributed by atoms with Gasteiger partial charge in [0.2, 0.25) is 0 Å². The van der Waals surface area contributed by atoms with E-state index in [1.165, 1.54) is 12.3 Å². The lowest BCUT2D eigenvalue weighted by molar-refractivity contribution is -0.140. The molecule has 29 heavy (non-hydrogen) atoms. The highest BCUT2D eigenvalue weighted by atomic mass is 16.5. The molecule has 8 nitrogen and oxygen atoms in total. The number of rotatable bonds is 5. The van der Waals surface area contributed by atoms with Crippen molar-refractivity contribution in [2.24, 2.45) is 0 Å². The summed E-state index contributed by atoms with van der Waals surface area (Å²) in [5.74, 6) is -1.18. The predicted octanol–water partition coefficient (Wildman–Crippen LogP) is 1.92. The van der Waals surface area contributed by atoms with Crippen LogP contribution in [0.4, 0.5) is 0 Å². The summed E-state index contributed by atoms with van der Waals surface area (Å²) < 4.78 is 10.2. The van der Waals surface area contributed by atoms with E-state index in [-0.39, 0.29) is 6.54 Å². The van der Waals surface area contributed by atoms with E-state index in [0.717, 1.165) is 22.1 Å². The molecule has 0 saturated carbocycles. The molecular formula is C21H19N3O5. The van der Waals surface area contributed by atoms with Gasteiger partial charge in [0.15, 0.2) is 0 Å². The summed E-state index contributed by atoms with van der Waals surface area (Å²) in [7, 11) is 1.61. The van der Waals surface area contributed by atoms with Gasteiger partial charge in [-0.1, -0.05) is 18.2 Å². The van der Waals surface area contributed by atoms with E-state index in [1.54, 1.807) is 25.3 Å². The predicted molar refractivity (Wildman–Crippen MR) is 106 cm³/mol. The molecule has 0 saturated heterocycles. The average Bonchev–Trinajstić information content (AvgIpc) is 3.27. The van der Waals surface area contributed by atoms with E-state index in [9.17, 15) is 14.4 Å². The van der Waals surface area contributed by atoms with E-state index in [4.69, 9.17) is 9.15 Å². The second kappa shape index (κ2) is 9.23. The molecular weight excluding hydrogens is 374 g/mol. The molecule has 0 unspecified atom stereocenters. The van der Waals surface area contributed by atoms with Gasteiger partial charge in [-0.05, 0) is 52.7 Å². The fraction of sp³-hybridized carbons (Fsp3) is 0.0952. The Kier molecular flexibility index (Phi) is 6.26. The Hall–Kier alpha value is -4.07. The molecule has 1 aromatic heterocycles. The van der Waals surface area contributed by atoms with Crippen LogP contribution in [0, 0.1) is 0 Å². The Morgan fingerprint density at radius 3 is 2.55 bits per heavy atom. The standard InChI is InChI=1S/C21H19N3O5/c1-28-17-8-7-15-11-14(4-6-16(15)12-17)5-9-19(25)23-24-21(27)20(26)22-13-18-3-2-10-29-18/h2-12H,13H2,1H3,(H,22,26)(H,23,25)(H,24,27)/b9-5+. The maximum absolute atomic E-state index is 11.9. The van der Waals surface area contributed by atoms with Gasteiger partial charge in [0.05, 0.1) is 19.9 Å². The number of methoxy groups -OCH3 is 1. The molecule has 0 aliphatic heterocycles. The van der Waals surface area contributed by atoms with Crippen LogP contribution in [-0.2, 0) is 20.9 Å². The molecule has 0 fully saturated rings. The van der Waals surface area contributed by atoms with Crippen LogP contribution < -0.4 is 20.9 Å². The third-order valence-corrected chi connectivity index (χ3v) is 4.01. The van der Waals surface area contributed by atoms with Crippen molar-refractivity contribution in [2.75, 3.05) is 7.11 Å². The summed E-state index contributed by atoms with van der Waals surface area (Å²) in [5.41, 5.74) is 5.00. The van der Waals surface area contributed by atoms with Crippen molar-refractivity contribution >= 4 is 34.6 Å². The largest absolute Gasteiger partial charge is 0.497 e. The monoisotopic (exact) mass is 393 g/mol. The van der Waals surface area contributed by atoms with Gasteiger partial charge in [-0.25, -0.2) is 0 Å². The number of amides is 3. The first-order chi connectivity index (χ1) is 14.0. The minimum Gasteiger partial charge on any atom is -0.497 e. The molecule has 0 atom stereocenters. The molecule has 8 heteroatoms. The first-order valence-corrected chi connectivity index (χ1v) is 8.71. The van der Waals surface area contributed by atoms with Crippen LogP contribution in [0.3, 0.4) is 0 Å². The van der Waals surface area contributed by atoms with Crippen LogP contribution >= 0.6 is 0 Å². The van der Waals surface area contributed by atoms with Crippen molar-refractivity contribution in [1.82, 2.24) is 16.2 Å². The molecule has 3 rings (SSSR count). The number of furan rings is 1. The molecule has 0 aliphatic carbocycles. The van der Waals surface area contributed by atoms with Gasteiger partial charge in [-0.3, -0.25) is 25.2 Å². The second-order valence-corrected chi connectivity index (χ2v) is 6.01. The molecule has 0 aliphatic rings. The number of hydrazine groups is 1. The Balaban J connectivity index is 1.49. The van der Waals surface area contributed by atoms with Gasteiger partial charge in [0.25, 0.3) is 5.91 Å². The lowest BCUT2D eigenvalue weighted by Gasteiger charge is -2.06. The van der Waals surface area contributed by atoms with E-state index in [1.807, 2.05) is 41.8 Å². The molecule has 0 spiro atoms. The molecule has 3 N–H and O–H groups in total. The van der Waals surface area contributed by atoms with Gasteiger partial charge in [0.1, 0.15) is 11.5 Å². The zero-order valence-corrected chi connectivity index (χ0v) is 15.6. The number of nitrogens with one attached hydrogen (secondary N) is 3. The number of fused-ring (bicyclic) bond motifs is 1. The Labute approximate surface area is 166 Å². The highest BCUT2D eigenvalue weighted by molar-refractivity contribution is 6.35. The number of carbonyl (C=O) groups excluding carboxylic acids is 3. The molecule has 1 heterocycles. The van der Waals surface area contributed by atoms with Crippen molar-refractivity contribution in [3.8, 4) is 5.75 Å². The summed E-state index contributed by atoms with van der Waals surface area (Å²) in [4.78, 5) is 35.2. The molecule has 148 valence electrons. The van der Waals surface area contributed by atoms with E-state index >= 15 is 0 Å². The topological polar surface area (TPSA) is 110 Å². The SMILES string of the molecule is COc1ccc2cc(/C=C/C(=O)NNC(=O)C(=O)NCc3ccco3)ccc2c1. The van der Waals surface area contributed by atoms with Crippen LogP contribution in [-0.4, -0.2) is 24.8 Å². The quantitative estimate of drug-likeness (QED) is 0.349. The Morgan fingerprint density at radius 2 is 1.79 bits per heavy atom. The summed E-state index contributed by atoms with van der Waals surface area (Å²) >= 11 is 0. The fourth-order valence-corrected chi connectivity index (χ4v) is 2.52. The average molecular weight is 393 g/mol. The molecule has 0 bridgehead atoms. The minimum absolute atomic E-state index is 0.0704. The Morgan fingerprint density at radius 1 is 1.00 bits per heavy atom. The number of ether oxygens (including phenoxy) is 1. The maximum Gasteiger partial charge on any atom is 0.327 e. The molecule has 3 aromatic rings. The van der Waals surface area contributed by atoms with Crippen molar-refractivity contribution in [3.05, 3.63) is 72.2 Å². The zero-order chi connectivity index (χ0) is 20.6. The summed E-state index contributed by atoms with van der Waals surface area (Å²) in [6, 6.07) is 14.7. The number of hydrogen-bond acceptors (Lipinski definition) is 5. The van der Waals surface area contributed by atoms with Crippen LogP contribution in [0.1, 0.15) is 11.3 Å². The minimum atomic E-state index is -0.988. The van der Waals surface area contributed by atoms with E-state index < -0.39 is 17.7 Å². The van der Waals surface area contributed by atoms with Crippen molar-refractivity contribution < 1.29 is 23.5 Å². The van der Waals surface area contributed by atoms with Crippen LogP contribution in [0.25, 0.3) is 16.8 Å². The maximum atomic E-state index is 11.9. The second-order valence-electron chi connectivity index (χ2n) is 6.01. The van der Waals surface area contributed by atoms with Gasteiger partial charge in [-0.15, -0.1) is 0 Å². The lowest BCUT2D eigenvalue weighted by atomic mass is 10.1. The third kappa shape index (κ3) is 5.46. The number of carbonyl (C=O) groups is 3. The van der Waals surface area contributed by atoms with Crippen molar-refractivity contribution in [3.63, 3.8) is 0 Å². The number of hydrogen-bond donors (Lipinski definition) is 3. The van der Waals surface area contributed by atoms with Gasteiger partial charge in [-0.2, -0.15) is 0 Å². The Bertz CT molecular complexity index is 1060. The van der Waals surface area contributed by atoms with Crippen molar-refractivity contribution in [1.29, 1.82) is 0 Å². The lowest BCUT2D eigenvalue weighted by Crippen LogP contribution is -2.47. The van der Waals surface area contributed by atoms with Crippen LogP contribution in [0.2, 0.25) is 0 Å². The van der Waals surface area contributed by atoms with Crippen LogP contribution in [0.5, 0.6) is 5.75 Å². The highest BCUT2D eigenvalue weighted by Crippen LogP contribution is 2.22. The first-order valence-electron chi connectivity index (χ1n) is 8.71. The first kappa shape index (κ1) is 19.7. The third-order valence-electron chi connectivity index (χ3n) is 4.01. The van der Waals surface area contributed by atoms with Gasteiger partial charge < -0.3 is 14.5 Å². The summed E-state index contributed by atoms with van der Waals surface area (Å²) in [6.07, 6.45) is 4.31. The fourth-order valence-electron chi connectivity index (χ4n) is 2.52. The van der Waals surface area contributed by atoms with Gasteiger partial charge >= 0.3 is 11.8 Å². The highest BCUT2D eigenvalue weighted by Gasteiger charge is 2.13. The van der Waals surface area contributed by atoms with Crippen LogP contribution in [0.15, 0.2) is 65.3 Å². The smallest absolute Gasteiger partial charge is 0.327 e. The van der Waals surface area contributed by atoms with Crippen molar-refractivity contribution in [2.45, 2.75) is 6.54 Å². The zero-order valence-electron chi connectivity index (χ0n) is 15.6. The van der Waals surface area contributed by atoms with Gasteiger partial charge in [0, 0.05) is 6.08 Å². The number of benzene rings is 2. The molecule has 3 amide bonds. The normalized spacial score (nSPS) is 10.7. The summed E-state index contributed by atoms with van der Waals surface area (Å²) in [5, 5.41) is 4.38. The summed E-state index contributed by atoms with van der Waals surface area (Å²) in [6.45, 7) is 0.0704.